The Labute approximate surface area is 432 Å². The van der Waals surface area contributed by atoms with Crippen molar-refractivity contribution < 1.29 is 28.6 Å². The van der Waals surface area contributed by atoms with Gasteiger partial charge in [0.15, 0.2) is 6.10 Å². The SMILES string of the molecule is CC/C=C\C/C=C\C/C=C\C/C=C\C/C=C\C/C=C\C/C=C\C/C=C\CCCCC(=O)OCC(COC(=O)CCCCCCCCCCCCCC)OC(=O)CCCCCCCCCCCCCCC. The number of carbonyl (C=O) groups excluding carboxylic acids is 3. The lowest BCUT2D eigenvalue weighted by Gasteiger charge is -2.18. The molecule has 0 aliphatic heterocycles. The molecule has 0 amide bonds. The van der Waals surface area contributed by atoms with Crippen molar-refractivity contribution in [1.82, 2.24) is 0 Å². The summed E-state index contributed by atoms with van der Waals surface area (Å²) >= 11 is 0. The third-order valence-corrected chi connectivity index (χ3v) is 12.4. The quantitative estimate of drug-likeness (QED) is 0.0262. The summed E-state index contributed by atoms with van der Waals surface area (Å²) in [5.41, 5.74) is 0. The second-order valence-electron chi connectivity index (χ2n) is 19.2. The molecule has 0 radical (unpaired) electrons. The molecule has 0 fully saturated rings. The van der Waals surface area contributed by atoms with Gasteiger partial charge in [0.25, 0.3) is 0 Å². The normalized spacial score (nSPS) is 12.8. The first kappa shape index (κ1) is 66.3. The molecular formula is C64H108O6. The smallest absolute Gasteiger partial charge is 0.306 e. The van der Waals surface area contributed by atoms with Gasteiger partial charge in [-0.25, -0.2) is 0 Å². The standard InChI is InChI=1S/C64H108O6/c1-4-7-10-13-16-19-22-25-26-27-28-29-30-31-32-33-34-35-36-37-38-40-42-45-48-51-54-57-63(66)69-60-61(59-68-62(65)56-53-50-47-44-41-24-21-18-15-12-9-6-3)70-64(67)58-55-52-49-46-43-39-23-20-17-14-11-8-5-2/h7,10,16,19,25-26,28-29,31-32,34-35,37-38,42,45,61H,4-6,8-9,11-15,17-18,20-24,27,30,33,36,39-41,43-44,46-60H2,1-3H3/b10-7-,19-16-,26-25-,29-28-,32-31-,35-34-,38-37-,45-42-. The molecule has 70 heavy (non-hydrogen) atoms. The molecule has 6 nitrogen and oxygen atoms in total. The van der Waals surface area contributed by atoms with E-state index in [4.69, 9.17) is 14.2 Å². The summed E-state index contributed by atoms with van der Waals surface area (Å²) < 4.78 is 16.8. The predicted octanol–water partition coefficient (Wildman–Crippen LogP) is 19.7. The Morgan fingerprint density at radius 1 is 0.300 bits per heavy atom. The van der Waals surface area contributed by atoms with E-state index in [0.717, 1.165) is 109 Å². The number of rotatable bonds is 52. The van der Waals surface area contributed by atoms with Crippen LogP contribution in [0.5, 0.6) is 0 Å². The number of hydrogen-bond acceptors (Lipinski definition) is 6. The van der Waals surface area contributed by atoms with Crippen LogP contribution in [-0.4, -0.2) is 37.2 Å². The summed E-state index contributed by atoms with van der Waals surface area (Å²) in [6.45, 7) is 6.49. The summed E-state index contributed by atoms with van der Waals surface area (Å²) in [5.74, 6) is -0.928. The number of ether oxygens (including phenoxy) is 3. The van der Waals surface area contributed by atoms with Crippen LogP contribution in [0.1, 0.15) is 271 Å². The summed E-state index contributed by atoms with van der Waals surface area (Å²) in [6.07, 6.45) is 76.9. The molecule has 6 heteroatoms. The van der Waals surface area contributed by atoms with Crippen LogP contribution in [0.4, 0.5) is 0 Å². The predicted molar refractivity (Wildman–Crippen MR) is 302 cm³/mol. The topological polar surface area (TPSA) is 78.9 Å². The van der Waals surface area contributed by atoms with Gasteiger partial charge in [-0.15, -0.1) is 0 Å². The van der Waals surface area contributed by atoms with Gasteiger partial charge in [0, 0.05) is 19.3 Å². The van der Waals surface area contributed by atoms with Gasteiger partial charge in [-0.3, -0.25) is 14.4 Å². The third-order valence-electron chi connectivity index (χ3n) is 12.4. The molecule has 0 N–H and O–H groups in total. The Morgan fingerprint density at radius 3 is 0.871 bits per heavy atom. The molecule has 0 bridgehead atoms. The van der Waals surface area contributed by atoms with Crippen LogP contribution in [0.2, 0.25) is 0 Å². The Kier molecular flexibility index (Phi) is 54.9. The summed E-state index contributed by atoms with van der Waals surface area (Å²) in [5, 5.41) is 0. The molecule has 0 aromatic heterocycles. The van der Waals surface area contributed by atoms with E-state index in [-0.39, 0.29) is 31.1 Å². The van der Waals surface area contributed by atoms with Crippen molar-refractivity contribution in [1.29, 1.82) is 0 Å². The molecule has 0 saturated carbocycles. The van der Waals surface area contributed by atoms with E-state index >= 15 is 0 Å². The second-order valence-corrected chi connectivity index (χ2v) is 19.2. The first-order valence-corrected chi connectivity index (χ1v) is 29.2. The molecule has 0 aromatic rings. The van der Waals surface area contributed by atoms with Crippen molar-refractivity contribution in [2.75, 3.05) is 13.2 Å². The Hall–Kier alpha value is -3.67. The molecule has 1 atom stereocenters. The number of carbonyl (C=O) groups is 3. The maximum atomic E-state index is 12.8. The van der Waals surface area contributed by atoms with Crippen LogP contribution in [0, 0.1) is 0 Å². The largest absolute Gasteiger partial charge is 0.462 e. The van der Waals surface area contributed by atoms with Crippen molar-refractivity contribution in [2.24, 2.45) is 0 Å². The number of hydrogen-bond donors (Lipinski definition) is 0. The van der Waals surface area contributed by atoms with Crippen molar-refractivity contribution in [2.45, 2.75) is 277 Å². The zero-order valence-electron chi connectivity index (χ0n) is 45.8. The minimum absolute atomic E-state index is 0.0880. The first-order valence-electron chi connectivity index (χ1n) is 29.2. The fraction of sp³-hybridized carbons (Fsp3) is 0.703. The van der Waals surface area contributed by atoms with Crippen LogP contribution < -0.4 is 0 Å². The average molecular weight is 974 g/mol. The Morgan fingerprint density at radius 2 is 0.557 bits per heavy atom. The highest BCUT2D eigenvalue weighted by molar-refractivity contribution is 5.71. The molecule has 0 spiro atoms. The number of allylic oxidation sites excluding steroid dienone is 16. The molecule has 0 aliphatic rings. The van der Waals surface area contributed by atoms with E-state index < -0.39 is 6.10 Å². The molecule has 0 heterocycles. The van der Waals surface area contributed by atoms with Gasteiger partial charge < -0.3 is 14.2 Å². The lowest BCUT2D eigenvalue weighted by atomic mass is 10.0. The lowest BCUT2D eigenvalue weighted by Crippen LogP contribution is -2.30. The average Bonchev–Trinajstić information content (AvgIpc) is 3.36. The fourth-order valence-corrected chi connectivity index (χ4v) is 7.99. The van der Waals surface area contributed by atoms with E-state index in [1.54, 1.807) is 0 Å². The molecule has 0 rings (SSSR count). The van der Waals surface area contributed by atoms with Crippen molar-refractivity contribution in [3.8, 4) is 0 Å². The van der Waals surface area contributed by atoms with E-state index in [2.05, 4.69) is 118 Å². The summed E-state index contributed by atoms with van der Waals surface area (Å²) in [7, 11) is 0. The fourth-order valence-electron chi connectivity index (χ4n) is 7.99. The highest BCUT2D eigenvalue weighted by Gasteiger charge is 2.19. The zero-order valence-corrected chi connectivity index (χ0v) is 45.8. The summed E-state index contributed by atoms with van der Waals surface area (Å²) in [6, 6.07) is 0. The van der Waals surface area contributed by atoms with E-state index in [0.29, 0.717) is 19.3 Å². The van der Waals surface area contributed by atoms with Crippen molar-refractivity contribution in [3.63, 3.8) is 0 Å². The van der Waals surface area contributed by atoms with Crippen LogP contribution in [0.25, 0.3) is 0 Å². The van der Waals surface area contributed by atoms with Crippen LogP contribution in [0.3, 0.4) is 0 Å². The molecule has 0 aliphatic carbocycles. The third kappa shape index (κ3) is 55.3. The monoisotopic (exact) mass is 973 g/mol. The van der Waals surface area contributed by atoms with Crippen LogP contribution >= 0.6 is 0 Å². The molecule has 0 saturated heterocycles. The highest BCUT2D eigenvalue weighted by atomic mass is 16.6. The van der Waals surface area contributed by atoms with Gasteiger partial charge in [0.05, 0.1) is 0 Å². The second kappa shape index (κ2) is 57.9. The molecule has 1 unspecified atom stereocenters. The maximum absolute atomic E-state index is 12.8. The minimum Gasteiger partial charge on any atom is -0.462 e. The van der Waals surface area contributed by atoms with Gasteiger partial charge in [-0.05, 0) is 83.5 Å². The lowest BCUT2D eigenvalue weighted by molar-refractivity contribution is -0.167. The number of unbranched alkanes of at least 4 members (excludes halogenated alkanes) is 25. The van der Waals surface area contributed by atoms with Gasteiger partial charge in [-0.1, -0.05) is 266 Å². The molecular weight excluding hydrogens is 865 g/mol. The van der Waals surface area contributed by atoms with E-state index in [9.17, 15) is 14.4 Å². The van der Waals surface area contributed by atoms with Crippen molar-refractivity contribution in [3.05, 3.63) is 97.2 Å². The molecule has 0 aromatic carbocycles. The van der Waals surface area contributed by atoms with Gasteiger partial charge >= 0.3 is 17.9 Å². The van der Waals surface area contributed by atoms with Crippen molar-refractivity contribution >= 4 is 17.9 Å². The van der Waals surface area contributed by atoms with E-state index in [1.807, 2.05) is 0 Å². The highest BCUT2D eigenvalue weighted by Crippen LogP contribution is 2.15. The Balaban J connectivity index is 4.37. The first-order chi connectivity index (χ1) is 34.5. The Bertz CT molecular complexity index is 1400. The zero-order chi connectivity index (χ0) is 50.7. The van der Waals surface area contributed by atoms with Gasteiger partial charge in [0.1, 0.15) is 13.2 Å². The maximum Gasteiger partial charge on any atom is 0.306 e. The molecule has 400 valence electrons. The van der Waals surface area contributed by atoms with Gasteiger partial charge in [-0.2, -0.15) is 0 Å². The van der Waals surface area contributed by atoms with Gasteiger partial charge in [0.2, 0.25) is 0 Å². The minimum atomic E-state index is -0.792. The van der Waals surface area contributed by atoms with Crippen LogP contribution in [0.15, 0.2) is 97.2 Å². The number of esters is 3. The van der Waals surface area contributed by atoms with Crippen LogP contribution in [-0.2, 0) is 28.6 Å². The summed E-state index contributed by atoms with van der Waals surface area (Å²) in [4.78, 5) is 38.1. The van der Waals surface area contributed by atoms with E-state index in [1.165, 1.54) is 122 Å².